The molecule has 7 nitrogen and oxygen atoms in total. The number of amides is 1. The van der Waals surface area contributed by atoms with E-state index in [2.05, 4.69) is 11.7 Å². The fraction of sp³-hybridized carbons (Fsp3) is 0.226. The Morgan fingerprint density at radius 1 is 1.17 bits per heavy atom. The SMILES string of the molecule is C=CC(=O)N1CCc2ncc(-c3nc(-c4ccn(C)n4)c4ccsc4c3-c3c(F)cc(F)cc3OC(C)C)cc2C1. The zero-order chi connectivity index (χ0) is 28.8. The third-order valence-corrected chi connectivity index (χ3v) is 7.93. The van der Waals surface area contributed by atoms with Crippen LogP contribution < -0.4 is 4.74 Å². The molecular weight excluding hydrogens is 544 g/mol. The fourth-order valence-electron chi connectivity index (χ4n) is 5.21. The van der Waals surface area contributed by atoms with Crippen LogP contribution >= 0.6 is 11.3 Å². The molecule has 0 N–H and O–H groups in total. The van der Waals surface area contributed by atoms with Crippen LogP contribution in [0.4, 0.5) is 8.78 Å². The van der Waals surface area contributed by atoms with Crippen LogP contribution in [0.25, 0.3) is 43.9 Å². The molecule has 10 heteroatoms. The molecule has 41 heavy (non-hydrogen) atoms. The van der Waals surface area contributed by atoms with Crippen molar-refractivity contribution in [2.45, 2.75) is 32.9 Å². The number of fused-ring (bicyclic) bond motifs is 2. The highest BCUT2D eigenvalue weighted by Crippen LogP contribution is 2.47. The lowest BCUT2D eigenvalue weighted by atomic mass is 9.94. The van der Waals surface area contributed by atoms with E-state index in [1.54, 1.807) is 29.6 Å². The molecule has 5 aromatic rings. The minimum Gasteiger partial charge on any atom is -0.490 e. The van der Waals surface area contributed by atoms with Crippen molar-refractivity contribution in [1.82, 2.24) is 24.6 Å². The van der Waals surface area contributed by atoms with Crippen LogP contribution in [-0.2, 0) is 24.8 Å². The molecule has 0 unspecified atom stereocenters. The number of halogens is 2. The summed E-state index contributed by atoms with van der Waals surface area (Å²) in [5.74, 6) is -1.54. The Labute approximate surface area is 239 Å². The number of thiophene rings is 1. The van der Waals surface area contributed by atoms with E-state index >= 15 is 4.39 Å². The lowest BCUT2D eigenvalue weighted by molar-refractivity contribution is -0.126. The van der Waals surface area contributed by atoms with Gasteiger partial charge < -0.3 is 9.64 Å². The Morgan fingerprint density at radius 2 is 2.00 bits per heavy atom. The van der Waals surface area contributed by atoms with Gasteiger partial charge in [-0.25, -0.2) is 13.8 Å². The van der Waals surface area contributed by atoms with Gasteiger partial charge in [-0.3, -0.25) is 14.5 Å². The predicted molar refractivity (Wildman–Crippen MR) is 155 cm³/mol. The van der Waals surface area contributed by atoms with Gasteiger partial charge in [0.1, 0.15) is 23.1 Å². The van der Waals surface area contributed by atoms with E-state index in [4.69, 9.17) is 14.7 Å². The van der Waals surface area contributed by atoms with E-state index in [0.29, 0.717) is 47.7 Å². The largest absolute Gasteiger partial charge is 0.490 e. The minimum atomic E-state index is -0.752. The van der Waals surface area contributed by atoms with Crippen LogP contribution in [0.3, 0.4) is 0 Å². The van der Waals surface area contributed by atoms with Gasteiger partial charge in [-0.05, 0) is 49.1 Å². The maximum absolute atomic E-state index is 15.8. The number of rotatable bonds is 6. The average Bonchev–Trinajstić information content (AvgIpc) is 3.60. The lowest BCUT2D eigenvalue weighted by Gasteiger charge is -2.27. The molecule has 1 aliphatic heterocycles. The first kappa shape index (κ1) is 26.8. The van der Waals surface area contributed by atoms with E-state index in [9.17, 15) is 9.18 Å². The van der Waals surface area contributed by atoms with Gasteiger partial charge >= 0.3 is 0 Å². The van der Waals surface area contributed by atoms with Gasteiger partial charge in [0.25, 0.3) is 0 Å². The van der Waals surface area contributed by atoms with E-state index in [1.807, 2.05) is 36.8 Å². The number of hydrogen-bond acceptors (Lipinski definition) is 6. The third kappa shape index (κ3) is 4.88. The number of pyridine rings is 2. The molecule has 0 fully saturated rings. The normalized spacial score (nSPS) is 13.1. The maximum Gasteiger partial charge on any atom is 0.246 e. The van der Waals surface area contributed by atoms with Crippen molar-refractivity contribution >= 4 is 27.3 Å². The zero-order valence-corrected chi connectivity index (χ0v) is 23.6. The summed E-state index contributed by atoms with van der Waals surface area (Å²) in [5.41, 5.74) is 4.78. The molecule has 0 spiro atoms. The minimum absolute atomic E-state index is 0.0921. The molecule has 0 bridgehead atoms. The molecule has 1 amide bonds. The summed E-state index contributed by atoms with van der Waals surface area (Å²) in [6, 6.07) is 7.82. The molecule has 0 aliphatic carbocycles. The van der Waals surface area contributed by atoms with Crippen molar-refractivity contribution in [3.63, 3.8) is 0 Å². The predicted octanol–water partition coefficient (Wildman–Crippen LogP) is 6.56. The molecule has 0 saturated heterocycles. The Hall–Kier alpha value is -4.44. The van der Waals surface area contributed by atoms with Crippen LogP contribution in [0, 0.1) is 11.6 Å². The van der Waals surface area contributed by atoms with Crippen molar-refractivity contribution in [2.24, 2.45) is 7.05 Å². The van der Waals surface area contributed by atoms with Crippen LogP contribution in [0.2, 0.25) is 0 Å². The number of ether oxygens (including phenoxy) is 1. The molecular formula is C31H27F2N5O2S. The van der Waals surface area contributed by atoms with Crippen LogP contribution in [0.5, 0.6) is 5.75 Å². The highest BCUT2D eigenvalue weighted by atomic mass is 32.1. The molecule has 208 valence electrons. The van der Waals surface area contributed by atoms with Crippen molar-refractivity contribution in [3.8, 4) is 39.5 Å². The maximum atomic E-state index is 15.8. The Balaban J connectivity index is 1.65. The van der Waals surface area contributed by atoms with Gasteiger partial charge in [-0.15, -0.1) is 11.3 Å². The van der Waals surface area contributed by atoms with E-state index < -0.39 is 11.6 Å². The summed E-state index contributed by atoms with van der Waals surface area (Å²) in [6.45, 7) is 8.15. The molecule has 0 atom stereocenters. The number of aryl methyl sites for hydroxylation is 1. The Kier molecular flexibility index (Phi) is 6.86. The second kappa shape index (κ2) is 10.5. The topological polar surface area (TPSA) is 73.1 Å². The summed E-state index contributed by atoms with van der Waals surface area (Å²) in [7, 11) is 1.83. The quantitative estimate of drug-likeness (QED) is 0.216. The first-order chi connectivity index (χ1) is 19.7. The number of aromatic nitrogens is 4. The second-order valence-electron chi connectivity index (χ2n) is 10.2. The lowest BCUT2D eigenvalue weighted by Crippen LogP contribution is -2.35. The molecule has 1 aliphatic rings. The number of nitrogens with zero attached hydrogens (tertiary/aromatic N) is 5. The van der Waals surface area contributed by atoms with E-state index in [1.165, 1.54) is 23.5 Å². The summed E-state index contributed by atoms with van der Waals surface area (Å²) in [6.07, 6.45) is 5.15. The van der Waals surface area contributed by atoms with E-state index in [0.717, 1.165) is 27.4 Å². The van der Waals surface area contributed by atoms with Crippen molar-refractivity contribution in [3.05, 3.63) is 83.7 Å². The standard InChI is InChI=1S/C31H27F2N5O2S/c1-5-26(39)38-10-7-23-19(16-38)12-18(15-34-23)29-28(27-22(33)13-20(32)14-25(27)40-17(2)3)31-21(8-11-41-31)30(35-29)24-6-9-37(4)36-24/h5-6,8-9,11-15,17H,1,7,10,16H2,2-4H3. The number of benzene rings is 1. The number of hydrogen-bond donors (Lipinski definition) is 0. The van der Waals surface area contributed by atoms with Crippen LogP contribution in [-0.4, -0.2) is 43.2 Å². The number of carbonyl (C=O) groups is 1. The molecule has 5 heterocycles. The van der Waals surface area contributed by atoms with Gasteiger partial charge in [-0.1, -0.05) is 6.58 Å². The monoisotopic (exact) mass is 571 g/mol. The number of carbonyl (C=O) groups excluding carboxylic acids is 1. The fourth-order valence-corrected chi connectivity index (χ4v) is 6.16. The third-order valence-electron chi connectivity index (χ3n) is 6.99. The first-order valence-electron chi connectivity index (χ1n) is 13.2. The van der Waals surface area contributed by atoms with Crippen LogP contribution in [0.1, 0.15) is 25.1 Å². The van der Waals surface area contributed by atoms with Gasteiger partial charge in [0.2, 0.25) is 5.91 Å². The molecule has 4 aromatic heterocycles. The Bertz CT molecular complexity index is 1830. The van der Waals surface area contributed by atoms with Gasteiger partial charge in [0.05, 0.1) is 23.1 Å². The van der Waals surface area contributed by atoms with Crippen molar-refractivity contribution < 1.29 is 18.3 Å². The summed E-state index contributed by atoms with van der Waals surface area (Å²) < 4.78 is 38.7. The summed E-state index contributed by atoms with van der Waals surface area (Å²) in [5, 5.41) is 7.29. The second-order valence-corrected chi connectivity index (χ2v) is 11.1. The molecule has 1 aromatic carbocycles. The van der Waals surface area contributed by atoms with Crippen molar-refractivity contribution in [1.29, 1.82) is 0 Å². The highest BCUT2D eigenvalue weighted by molar-refractivity contribution is 7.18. The van der Waals surface area contributed by atoms with Crippen molar-refractivity contribution in [2.75, 3.05) is 6.54 Å². The molecule has 0 saturated carbocycles. The van der Waals surface area contributed by atoms with Crippen LogP contribution in [0.15, 0.2) is 60.8 Å². The van der Waals surface area contributed by atoms with Gasteiger partial charge in [-0.2, -0.15) is 5.10 Å². The first-order valence-corrected chi connectivity index (χ1v) is 14.1. The zero-order valence-electron chi connectivity index (χ0n) is 22.8. The highest BCUT2D eigenvalue weighted by Gasteiger charge is 2.27. The molecule has 0 radical (unpaired) electrons. The smallest absolute Gasteiger partial charge is 0.246 e. The summed E-state index contributed by atoms with van der Waals surface area (Å²) >= 11 is 1.43. The summed E-state index contributed by atoms with van der Waals surface area (Å²) in [4.78, 5) is 23.9. The van der Waals surface area contributed by atoms with Gasteiger partial charge in [0.15, 0.2) is 0 Å². The average molecular weight is 572 g/mol. The molecule has 6 rings (SSSR count). The Morgan fingerprint density at radius 3 is 2.73 bits per heavy atom. The van der Waals surface area contributed by atoms with E-state index in [-0.39, 0.29) is 23.3 Å². The van der Waals surface area contributed by atoms with Gasteiger partial charge in [0, 0.05) is 78.0 Å².